The number of aromatic nitrogens is 3. The molecule has 0 fully saturated rings. The van der Waals surface area contributed by atoms with Gasteiger partial charge in [-0.1, -0.05) is 23.8 Å². The molecule has 8 heteroatoms. The van der Waals surface area contributed by atoms with Crippen LogP contribution in [0, 0.1) is 6.92 Å². The summed E-state index contributed by atoms with van der Waals surface area (Å²) in [6, 6.07) is 12.7. The lowest BCUT2D eigenvalue weighted by Gasteiger charge is -2.28. The summed E-state index contributed by atoms with van der Waals surface area (Å²) in [5, 5.41) is 7.88. The summed E-state index contributed by atoms with van der Waals surface area (Å²) in [4.78, 5) is 17.1. The lowest BCUT2D eigenvalue weighted by atomic mass is 9.94. The Bertz CT molecular complexity index is 1170. The van der Waals surface area contributed by atoms with Gasteiger partial charge in [0.05, 0.1) is 19.8 Å². The number of rotatable bonds is 5. The summed E-state index contributed by atoms with van der Waals surface area (Å²) >= 11 is 0. The van der Waals surface area contributed by atoms with Gasteiger partial charge in [0.1, 0.15) is 17.5 Å². The van der Waals surface area contributed by atoms with Crippen LogP contribution in [0.1, 0.15) is 24.1 Å². The molecule has 4 rings (SSSR count). The number of aryl methyl sites for hydroxylation is 1. The third-order valence-corrected chi connectivity index (χ3v) is 5.13. The maximum atomic E-state index is 12.4. The van der Waals surface area contributed by atoms with Gasteiger partial charge in [0.2, 0.25) is 11.9 Å². The second-order valence-electron chi connectivity index (χ2n) is 7.11. The molecule has 8 nitrogen and oxygen atoms in total. The standard InChI is InChI=1S/C22H23N5O3/c1-12-6-5-7-14(10-12)21-25-22-24-13(2)18(20(23)28)19(27(22)26-21)16-11-15(29-3)8-9-17(16)30-4/h5-11,19H,1-4H3,(H2,23,28)(H,24,25,26). The van der Waals surface area contributed by atoms with E-state index in [-0.39, 0.29) is 0 Å². The minimum atomic E-state index is -0.616. The average Bonchev–Trinajstić information content (AvgIpc) is 3.15. The van der Waals surface area contributed by atoms with Crippen molar-refractivity contribution >= 4 is 11.9 Å². The fourth-order valence-electron chi connectivity index (χ4n) is 3.72. The van der Waals surface area contributed by atoms with Crippen molar-refractivity contribution in [1.82, 2.24) is 14.8 Å². The van der Waals surface area contributed by atoms with Crippen molar-refractivity contribution in [1.29, 1.82) is 0 Å². The van der Waals surface area contributed by atoms with E-state index in [9.17, 15) is 4.79 Å². The molecule has 1 aliphatic heterocycles. The van der Waals surface area contributed by atoms with E-state index < -0.39 is 11.9 Å². The Morgan fingerprint density at radius 3 is 2.60 bits per heavy atom. The zero-order valence-corrected chi connectivity index (χ0v) is 17.3. The van der Waals surface area contributed by atoms with Crippen molar-refractivity contribution < 1.29 is 14.3 Å². The second kappa shape index (κ2) is 7.55. The molecule has 30 heavy (non-hydrogen) atoms. The largest absolute Gasteiger partial charge is 0.497 e. The number of nitrogens with one attached hydrogen (secondary N) is 1. The lowest BCUT2D eigenvalue weighted by Crippen LogP contribution is -2.32. The number of carbonyl (C=O) groups excluding carboxylic acids is 1. The minimum absolute atomic E-state index is 0.384. The van der Waals surface area contributed by atoms with Gasteiger partial charge in [0.15, 0.2) is 5.82 Å². The summed E-state index contributed by atoms with van der Waals surface area (Å²) in [5.74, 6) is 1.74. The van der Waals surface area contributed by atoms with Crippen molar-refractivity contribution in [3.63, 3.8) is 0 Å². The van der Waals surface area contributed by atoms with Crippen LogP contribution in [0.15, 0.2) is 53.7 Å². The van der Waals surface area contributed by atoms with Crippen LogP contribution in [0.2, 0.25) is 0 Å². The van der Waals surface area contributed by atoms with E-state index in [0.29, 0.717) is 40.1 Å². The van der Waals surface area contributed by atoms with Crippen LogP contribution in [-0.4, -0.2) is 34.9 Å². The highest BCUT2D eigenvalue weighted by Crippen LogP contribution is 2.41. The number of nitrogens with two attached hydrogens (primary N) is 1. The molecule has 0 aliphatic carbocycles. The fourth-order valence-corrected chi connectivity index (χ4v) is 3.72. The number of allylic oxidation sites excluding steroid dienone is 1. The van der Waals surface area contributed by atoms with Gasteiger partial charge in [-0.15, -0.1) is 5.10 Å². The third-order valence-electron chi connectivity index (χ3n) is 5.13. The number of benzene rings is 2. The normalized spacial score (nSPS) is 15.4. The SMILES string of the molecule is COc1ccc(OC)c(C2C(C(N)=O)=C(C)Nc3nc(-c4cccc(C)c4)nn32)c1. The van der Waals surface area contributed by atoms with Gasteiger partial charge in [-0.05, 0) is 38.1 Å². The Morgan fingerprint density at radius 1 is 1.13 bits per heavy atom. The minimum Gasteiger partial charge on any atom is -0.497 e. The molecule has 1 aromatic heterocycles. The molecule has 3 N–H and O–H groups in total. The van der Waals surface area contributed by atoms with Crippen molar-refractivity contribution in [2.45, 2.75) is 19.9 Å². The highest BCUT2D eigenvalue weighted by Gasteiger charge is 2.35. The number of primary amides is 1. The molecule has 2 heterocycles. The number of hydrogen-bond donors (Lipinski definition) is 2. The van der Waals surface area contributed by atoms with E-state index in [1.165, 1.54) is 0 Å². The molecule has 0 bridgehead atoms. The summed E-state index contributed by atoms with van der Waals surface area (Å²) in [6.45, 7) is 3.81. The van der Waals surface area contributed by atoms with E-state index in [4.69, 9.17) is 20.3 Å². The number of nitrogens with zero attached hydrogens (tertiary/aromatic N) is 3. The molecule has 1 unspecified atom stereocenters. The number of methoxy groups -OCH3 is 2. The lowest BCUT2D eigenvalue weighted by molar-refractivity contribution is -0.115. The van der Waals surface area contributed by atoms with Gasteiger partial charge in [0.25, 0.3) is 0 Å². The smallest absolute Gasteiger partial charge is 0.248 e. The Morgan fingerprint density at radius 2 is 1.93 bits per heavy atom. The third kappa shape index (κ3) is 3.26. The van der Waals surface area contributed by atoms with Crippen molar-refractivity contribution in [2.75, 3.05) is 19.5 Å². The monoisotopic (exact) mass is 405 g/mol. The van der Waals surface area contributed by atoms with E-state index in [2.05, 4.69) is 10.3 Å². The quantitative estimate of drug-likeness (QED) is 0.676. The second-order valence-corrected chi connectivity index (χ2v) is 7.11. The van der Waals surface area contributed by atoms with E-state index >= 15 is 0 Å². The van der Waals surface area contributed by atoms with Gasteiger partial charge < -0.3 is 20.5 Å². The molecular formula is C22H23N5O3. The number of carbonyl (C=O) groups is 1. The Labute approximate surface area is 174 Å². The van der Waals surface area contributed by atoms with Crippen molar-refractivity contribution in [3.05, 3.63) is 64.9 Å². The molecule has 0 radical (unpaired) electrons. The molecular weight excluding hydrogens is 382 g/mol. The summed E-state index contributed by atoms with van der Waals surface area (Å²) in [7, 11) is 3.16. The highest BCUT2D eigenvalue weighted by atomic mass is 16.5. The highest BCUT2D eigenvalue weighted by molar-refractivity contribution is 5.95. The van der Waals surface area contributed by atoms with Gasteiger partial charge in [-0.3, -0.25) is 4.79 Å². The number of ether oxygens (including phenoxy) is 2. The van der Waals surface area contributed by atoms with E-state index in [1.54, 1.807) is 38.0 Å². The average molecular weight is 405 g/mol. The van der Waals surface area contributed by atoms with Gasteiger partial charge in [0, 0.05) is 16.8 Å². The van der Waals surface area contributed by atoms with E-state index in [0.717, 1.165) is 11.1 Å². The van der Waals surface area contributed by atoms with Crippen LogP contribution in [-0.2, 0) is 4.79 Å². The molecule has 154 valence electrons. The molecule has 1 amide bonds. The Hall–Kier alpha value is -3.81. The Balaban J connectivity index is 1.94. The van der Waals surface area contributed by atoms with Crippen molar-refractivity contribution in [3.8, 4) is 22.9 Å². The first-order valence-electron chi connectivity index (χ1n) is 9.46. The maximum absolute atomic E-state index is 12.4. The van der Waals surface area contributed by atoms with Gasteiger partial charge >= 0.3 is 0 Å². The predicted molar refractivity (Wildman–Crippen MR) is 113 cm³/mol. The van der Waals surface area contributed by atoms with Gasteiger partial charge in [-0.2, -0.15) is 4.98 Å². The van der Waals surface area contributed by atoms with Crippen molar-refractivity contribution in [2.24, 2.45) is 5.73 Å². The Kier molecular flexibility index (Phi) is 4.91. The van der Waals surface area contributed by atoms with Crippen LogP contribution < -0.4 is 20.5 Å². The first-order valence-corrected chi connectivity index (χ1v) is 9.46. The van der Waals surface area contributed by atoms with Crippen LogP contribution in [0.25, 0.3) is 11.4 Å². The number of hydrogen-bond acceptors (Lipinski definition) is 6. The molecule has 1 atom stereocenters. The predicted octanol–water partition coefficient (Wildman–Crippen LogP) is 3.04. The maximum Gasteiger partial charge on any atom is 0.248 e. The van der Waals surface area contributed by atoms with Crippen LogP contribution in [0.5, 0.6) is 11.5 Å². The zero-order chi connectivity index (χ0) is 21.4. The zero-order valence-electron chi connectivity index (χ0n) is 17.3. The van der Waals surface area contributed by atoms with Crippen LogP contribution >= 0.6 is 0 Å². The number of fused-ring (bicyclic) bond motifs is 1. The molecule has 1 aliphatic rings. The topological polar surface area (TPSA) is 104 Å². The molecule has 0 saturated carbocycles. The first kappa shape index (κ1) is 19.5. The van der Waals surface area contributed by atoms with E-state index in [1.807, 2.05) is 37.3 Å². The number of amides is 1. The van der Waals surface area contributed by atoms with Gasteiger partial charge in [-0.25, -0.2) is 4.68 Å². The van der Waals surface area contributed by atoms with Crippen LogP contribution in [0.4, 0.5) is 5.95 Å². The molecule has 0 spiro atoms. The molecule has 0 saturated heterocycles. The fraction of sp³-hybridized carbons (Fsp3) is 0.227. The number of anilines is 1. The molecule has 2 aromatic carbocycles. The van der Waals surface area contributed by atoms with Crippen LogP contribution in [0.3, 0.4) is 0 Å². The summed E-state index contributed by atoms with van der Waals surface area (Å²) in [6.07, 6.45) is 0. The molecule has 3 aromatic rings. The summed E-state index contributed by atoms with van der Waals surface area (Å²) in [5.41, 5.74) is 9.46. The summed E-state index contributed by atoms with van der Waals surface area (Å²) < 4.78 is 12.6. The first-order chi connectivity index (χ1) is 14.4.